The number of nitrogens with one attached hydrogen (secondary N) is 2. The van der Waals surface area contributed by atoms with E-state index in [0.29, 0.717) is 6.42 Å². The van der Waals surface area contributed by atoms with Gasteiger partial charge in [-0.3, -0.25) is 0 Å². The Morgan fingerprint density at radius 3 is 2.17 bits per heavy atom. The molecule has 7 nitrogen and oxygen atoms in total. The molecule has 0 radical (unpaired) electrons. The summed E-state index contributed by atoms with van der Waals surface area (Å²) in [5.74, 6) is -0.986. The third kappa shape index (κ3) is 2.40. The molecule has 0 aliphatic carbocycles. The number of carbonyl (C=O) groups is 1. The van der Waals surface area contributed by atoms with Gasteiger partial charge in [0.25, 0.3) is 0 Å². The molecule has 0 saturated heterocycles. The topological polar surface area (TPSA) is 108 Å². The van der Waals surface area contributed by atoms with Crippen LogP contribution >= 0.6 is 0 Å². The Morgan fingerprint density at radius 2 is 1.67 bits per heavy atom. The quantitative estimate of drug-likeness (QED) is 0.697. The fourth-order valence-corrected chi connectivity index (χ4v) is 1.59. The molecule has 1 aromatic heterocycles. The summed E-state index contributed by atoms with van der Waals surface area (Å²) < 4.78 is 1.05. The first-order valence-electron chi connectivity index (χ1n) is 5.27. The Bertz CT molecular complexity index is 635. The normalized spacial score (nSPS) is 10.4. The number of hydrogen-bond acceptors (Lipinski definition) is 3. The van der Waals surface area contributed by atoms with Crippen molar-refractivity contribution in [1.29, 1.82) is 0 Å². The van der Waals surface area contributed by atoms with E-state index >= 15 is 0 Å². The molecule has 3 N–H and O–H groups in total. The van der Waals surface area contributed by atoms with Crippen molar-refractivity contribution in [2.75, 3.05) is 0 Å². The number of carboxylic acids is 1. The largest absolute Gasteiger partial charge is 0.478 e. The maximum atomic E-state index is 11.2. The van der Waals surface area contributed by atoms with Gasteiger partial charge in [-0.25, -0.2) is 29.1 Å². The van der Waals surface area contributed by atoms with Crippen molar-refractivity contribution in [2.24, 2.45) is 0 Å². The summed E-state index contributed by atoms with van der Waals surface area (Å²) in [7, 11) is 0. The fourth-order valence-electron chi connectivity index (χ4n) is 1.59. The van der Waals surface area contributed by atoms with Gasteiger partial charge in [-0.1, -0.05) is 12.1 Å². The average Bonchev–Trinajstić information content (AvgIpc) is 2.67. The zero-order chi connectivity index (χ0) is 13.1. The first kappa shape index (κ1) is 11.9. The second-order valence-corrected chi connectivity index (χ2v) is 3.76. The van der Waals surface area contributed by atoms with Gasteiger partial charge in [-0.05, 0) is 24.1 Å². The van der Waals surface area contributed by atoms with E-state index in [0.717, 1.165) is 10.1 Å². The van der Waals surface area contributed by atoms with Crippen molar-refractivity contribution < 1.29 is 9.90 Å². The molecule has 0 bridgehead atoms. The molecule has 18 heavy (non-hydrogen) atoms. The van der Waals surface area contributed by atoms with Crippen molar-refractivity contribution in [3.63, 3.8) is 0 Å². The molecule has 0 aliphatic heterocycles. The summed E-state index contributed by atoms with van der Waals surface area (Å²) in [6, 6.07) is 6.30. The molecule has 0 spiro atoms. The Labute approximate surface area is 101 Å². The lowest BCUT2D eigenvalue weighted by Crippen LogP contribution is -2.27. The SMILES string of the molecule is O=C(O)c1ccc(CCn2c(=O)[nH][nH]c2=O)cc1. The van der Waals surface area contributed by atoms with E-state index in [1.807, 2.05) is 0 Å². The second kappa shape index (κ2) is 4.74. The minimum Gasteiger partial charge on any atom is -0.478 e. The third-order valence-electron chi connectivity index (χ3n) is 2.59. The minimum absolute atomic E-state index is 0.204. The monoisotopic (exact) mass is 249 g/mol. The van der Waals surface area contributed by atoms with E-state index < -0.39 is 17.3 Å². The zero-order valence-corrected chi connectivity index (χ0v) is 9.34. The predicted molar refractivity (Wildman–Crippen MR) is 62.8 cm³/mol. The second-order valence-electron chi connectivity index (χ2n) is 3.76. The number of aromatic amines is 2. The van der Waals surface area contributed by atoms with Crippen molar-refractivity contribution in [2.45, 2.75) is 13.0 Å². The number of hydrogen-bond donors (Lipinski definition) is 3. The van der Waals surface area contributed by atoms with Gasteiger partial charge in [-0.2, -0.15) is 0 Å². The highest BCUT2D eigenvalue weighted by Gasteiger charge is 2.04. The highest BCUT2D eigenvalue weighted by atomic mass is 16.4. The lowest BCUT2D eigenvalue weighted by Gasteiger charge is -2.01. The molecule has 0 atom stereocenters. The molecule has 2 rings (SSSR count). The van der Waals surface area contributed by atoms with Crippen LogP contribution in [0.25, 0.3) is 0 Å². The number of nitrogens with zero attached hydrogens (tertiary/aromatic N) is 1. The Hall–Kier alpha value is -2.57. The number of H-pyrrole nitrogens is 2. The van der Waals surface area contributed by atoms with E-state index in [1.165, 1.54) is 12.1 Å². The highest BCUT2D eigenvalue weighted by Crippen LogP contribution is 2.05. The van der Waals surface area contributed by atoms with Gasteiger partial charge in [0.15, 0.2) is 0 Å². The van der Waals surface area contributed by atoms with Crippen LogP contribution in [-0.4, -0.2) is 25.8 Å². The van der Waals surface area contributed by atoms with Crippen LogP contribution in [0.5, 0.6) is 0 Å². The van der Waals surface area contributed by atoms with Gasteiger partial charge in [0.05, 0.1) is 5.56 Å². The summed E-state index contributed by atoms with van der Waals surface area (Å²) in [4.78, 5) is 33.1. The molecule has 94 valence electrons. The van der Waals surface area contributed by atoms with E-state index in [4.69, 9.17) is 5.11 Å². The van der Waals surface area contributed by atoms with Gasteiger partial charge in [0.2, 0.25) is 0 Å². The Balaban J connectivity index is 2.09. The number of aryl methyl sites for hydroxylation is 1. The van der Waals surface area contributed by atoms with Crippen LogP contribution in [0.15, 0.2) is 33.9 Å². The molecule has 0 saturated carbocycles. The lowest BCUT2D eigenvalue weighted by atomic mass is 10.1. The minimum atomic E-state index is -0.986. The zero-order valence-electron chi connectivity index (χ0n) is 9.34. The fraction of sp³-hybridized carbons (Fsp3) is 0.182. The molecule has 0 aliphatic rings. The Kier molecular flexibility index (Phi) is 3.13. The summed E-state index contributed by atoms with van der Waals surface area (Å²) in [6.07, 6.45) is 0.473. The van der Waals surface area contributed by atoms with Gasteiger partial charge in [0.1, 0.15) is 0 Å². The molecule has 0 amide bonds. The van der Waals surface area contributed by atoms with E-state index in [2.05, 4.69) is 10.2 Å². The van der Waals surface area contributed by atoms with Crippen molar-refractivity contribution in [3.05, 3.63) is 56.4 Å². The van der Waals surface area contributed by atoms with Crippen LogP contribution in [0.4, 0.5) is 0 Å². The molecular weight excluding hydrogens is 238 g/mol. The molecular formula is C11H11N3O4. The summed E-state index contributed by atoms with van der Waals surface area (Å²) in [5, 5.41) is 13.1. The molecule has 2 aromatic rings. The van der Waals surface area contributed by atoms with Gasteiger partial charge < -0.3 is 5.11 Å². The van der Waals surface area contributed by atoms with Crippen molar-refractivity contribution in [1.82, 2.24) is 14.8 Å². The van der Waals surface area contributed by atoms with Crippen LogP contribution in [0.2, 0.25) is 0 Å². The van der Waals surface area contributed by atoms with Crippen LogP contribution in [0.3, 0.4) is 0 Å². The van der Waals surface area contributed by atoms with E-state index in [-0.39, 0.29) is 12.1 Å². The molecule has 0 unspecified atom stereocenters. The van der Waals surface area contributed by atoms with Crippen molar-refractivity contribution in [3.8, 4) is 0 Å². The first-order valence-corrected chi connectivity index (χ1v) is 5.27. The summed E-state index contributed by atoms with van der Waals surface area (Å²) in [5.41, 5.74) is 0.0900. The molecule has 1 heterocycles. The lowest BCUT2D eigenvalue weighted by molar-refractivity contribution is 0.0697. The number of aromatic nitrogens is 3. The maximum Gasteiger partial charge on any atom is 0.344 e. The molecule has 0 fully saturated rings. The van der Waals surface area contributed by atoms with E-state index in [1.54, 1.807) is 12.1 Å². The van der Waals surface area contributed by atoms with Crippen LogP contribution < -0.4 is 11.4 Å². The summed E-state index contributed by atoms with van der Waals surface area (Å²) in [6.45, 7) is 0.240. The highest BCUT2D eigenvalue weighted by molar-refractivity contribution is 5.87. The summed E-state index contributed by atoms with van der Waals surface area (Å²) >= 11 is 0. The van der Waals surface area contributed by atoms with Crippen LogP contribution in [0.1, 0.15) is 15.9 Å². The van der Waals surface area contributed by atoms with E-state index in [9.17, 15) is 14.4 Å². The van der Waals surface area contributed by atoms with Crippen LogP contribution in [0, 0.1) is 0 Å². The van der Waals surface area contributed by atoms with Crippen molar-refractivity contribution >= 4 is 5.97 Å². The van der Waals surface area contributed by atoms with Gasteiger partial charge in [-0.15, -0.1) is 0 Å². The molecule has 1 aromatic carbocycles. The van der Waals surface area contributed by atoms with Gasteiger partial charge >= 0.3 is 17.3 Å². The third-order valence-corrected chi connectivity index (χ3v) is 2.59. The maximum absolute atomic E-state index is 11.2. The smallest absolute Gasteiger partial charge is 0.344 e. The first-order chi connectivity index (χ1) is 8.58. The van der Waals surface area contributed by atoms with Crippen LogP contribution in [-0.2, 0) is 13.0 Å². The molecule has 7 heteroatoms. The predicted octanol–water partition coefficient (Wildman–Crippen LogP) is -0.194. The number of aromatic carboxylic acids is 1. The average molecular weight is 249 g/mol. The Morgan fingerprint density at radius 1 is 1.11 bits per heavy atom. The number of rotatable bonds is 4. The van der Waals surface area contributed by atoms with Gasteiger partial charge in [0, 0.05) is 6.54 Å². The number of carboxylic acid groups (broad SMARTS) is 1. The number of benzene rings is 1. The standard InChI is InChI=1S/C11H11N3O4/c15-9(16)8-3-1-7(2-4-8)5-6-14-10(17)12-13-11(14)18/h1-4H,5-6H2,(H,12,17)(H,13,18)(H,15,16).